The molecule has 0 aromatic heterocycles. The van der Waals surface area contributed by atoms with Crippen molar-refractivity contribution in [2.45, 2.75) is 77.6 Å². The van der Waals surface area contributed by atoms with Crippen LogP contribution in [0.15, 0.2) is 18.2 Å². The van der Waals surface area contributed by atoms with E-state index in [4.69, 9.17) is 9.84 Å². The van der Waals surface area contributed by atoms with Crippen LogP contribution in [0.5, 0.6) is 5.75 Å². The van der Waals surface area contributed by atoms with Crippen molar-refractivity contribution in [1.82, 2.24) is 0 Å². The number of aromatic carboxylic acids is 1. The summed E-state index contributed by atoms with van der Waals surface area (Å²) in [6, 6.07) is 3.83. The number of carbonyl (C=O) groups excluding carboxylic acids is 1. The lowest BCUT2D eigenvalue weighted by molar-refractivity contribution is 0.0693. The van der Waals surface area contributed by atoms with Gasteiger partial charge in [0.15, 0.2) is 0 Å². The van der Waals surface area contributed by atoms with Crippen molar-refractivity contribution in [3.8, 4) is 5.75 Å². The third-order valence-electron chi connectivity index (χ3n) is 4.46. The average molecular weight is 379 g/mol. The van der Waals surface area contributed by atoms with Gasteiger partial charge < -0.3 is 14.9 Å². The van der Waals surface area contributed by atoms with Crippen LogP contribution in [0, 0.1) is 0 Å². The summed E-state index contributed by atoms with van der Waals surface area (Å²) in [5.74, 6) is -1.62. The highest BCUT2D eigenvalue weighted by atomic mass is 16.5. The number of carboxylic acids is 1. The number of amides is 1. The van der Waals surface area contributed by atoms with Gasteiger partial charge in [-0.25, -0.2) is 9.59 Å². The summed E-state index contributed by atoms with van der Waals surface area (Å²) in [5.41, 5.74) is 0.0799. The van der Waals surface area contributed by atoms with E-state index >= 15 is 0 Å². The minimum atomic E-state index is -1.22. The van der Waals surface area contributed by atoms with Crippen molar-refractivity contribution < 1.29 is 24.5 Å². The maximum atomic E-state index is 11.7. The second-order valence-electron chi connectivity index (χ2n) is 6.83. The molecule has 0 radical (unpaired) electrons. The normalized spacial score (nSPS) is 10.6. The number of hydrogen-bond acceptors (Lipinski definition) is 4. The van der Waals surface area contributed by atoms with E-state index in [0.29, 0.717) is 12.3 Å². The highest BCUT2D eigenvalue weighted by molar-refractivity contribution is 5.92. The van der Waals surface area contributed by atoms with Crippen molar-refractivity contribution in [3.63, 3.8) is 0 Å². The van der Waals surface area contributed by atoms with Crippen LogP contribution >= 0.6 is 0 Å². The Labute approximate surface area is 161 Å². The van der Waals surface area contributed by atoms with E-state index in [2.05, 4.69) is 12.2 Å². The molecule has 0 bridgehead atoms. The van der Waals surface area contributed by atoms with Gasteiger partial charge in [0.25, 0.3) is 0 Å². The van der Waals surface area contributed by atoms with Gasteiger partial charge in [0, 0.05) is 11.8 Å². The van der Waals surface area contributed by atoms with Crippen LogP contribution in [0.25, 0.3) is 0 Å². The second kappa shape index (κ2) is 13.9. The van der Waals surface area contributed by atoms with E-state index in [1.54, 1.807) is 0 Å². The molecule has 1 rings (SSSR count). The fourth-order valence-electron chi connectivity index (χ4n) is 2.88. The van der Waals surface area contributed by atoms with Crippen LogP contribution in [-0.2, 0) is 4.74 Å². The lowest BCUT2D eigenvalue weighted by atomic mass is 10.1. The molecule has 0 aliphatic heterocycles. The van der Waals surface area contributed by atoms with Crippen LogP contribution in [0.3, 0.4) is 0 Å². The summed E-state index contributed by atoms with van der Waals surface area (Å²) < 4.78 is 5.10. The molecule has 0 spiro atoms. The summed E-state index contributed by atoms with van der Waals surface area (Å²) in [6.45, 7) is 2.58. The van der Waals surface area contributed by atoms with Gasteiger partial charge in [0.2, 0.25) is 0 Å². The Hall–Kier alpha value is -2.24. The van der Waals surface area contributed by atoms with Crippen molar-refractivity contribution in [3.05, 3.63) is 23.8 Å². The molecular formula is C21H33NO5. The molecule has 0 atom stereocenters. The van der Waals surface area contributed by atoms with Crippen LogP contribution in [0.4, 0.5) is 10.5 Å². The first-order chi connectivity index (χ1) is 13.0. The van der Waals surface area contributed by atoms with Crippen LogP contribution in [-0.4, -0.2) is 28.9 Å². The van der Waals surface area contributed by atoms with E-state index in [0.717, 1.165) is 19.3 Å². The lowest BCUT2D eigenvalue weighted by Crippen LogP contribution is -2.14. The highest BCUT2D eigenvalue weighted by Gasteiger charge is 2.11. The van der Waals surface area contributed by atoms with E-state index in [1.807, 2.05) is 0 Å². The Morgan fingerprint density at radius 3 is 2.00 bits per heavy atom. The van der Waals surface area contributed by atoms with Gasteiger partial charge in [0.05, 0.1) is 6.61 Å². The minimum absolute atomic E-state index is 0.213. The third kappa shape index (κ3) is 10.5. The predicted octanol–water partition coefficient (Wildman–Crippen LogP) is 5.95. The Balaban J connectivity index is 2.03. The smallest absolute Gasteiger partial charge is 0.411 e. The largest absolute Gasteiger partial charge is 0.507 e. The molecule has 0 aliphatic carbocycles. The quantitative estimate of drug-likeness (QED) is 0.347. The minimum Gasteiger partial charge on any atom is -0.507 e. The first kappa shape index (κ1) is 22.8. The zero-order valence-electron chi connectivity index (χ0n) is 16.3. The zero-order valence-corrected chi connectivity index (χ0v) is 16.3. The molecule has 6 heteroatoms. The molecule has 0 saturated heterocycles. The van der Waals surface area contributed by atoms with E-state index in [-0.39, 0.29) is 5.56 Å². The fraction of sp³-hybridized carbons (Fsp3) is 0.619. The Morgan fingerprint density at radius 2 is 1.48 bits per heavy atom. The number of aromatic hydroxyl groups is 1. The summed E-state index contributed by atoms with van der Waals surface area (Å²) in [4.78, 5) is 22.5. The number of nitrogens with one attached hydrogen (secondary N) is 1. The molecule has 3 N–H and O–H groups in total. The van der Waals surface area contributed by atoms with Crippen molar-refractivity contribution in [2.24, 2.45) is 0 Å². The number of carboxylic acid groups (broad SMARTS) is 1. The molecule has 0 saturated carbocycles. The van der Waals surface area contributed by atoms with Crippen molar-refractivity contribution >= 4 is 17.7 Å². The maximum Gasteiger partial charge on any atom is 0.411 e. The summed E-state index contributed by atoms with van der Waals surface area (Å²) in [5, 5.41) is 20.9. The Bertz CT molecular complexity index is 574. The molecule has 0 heterocycles. The van der Waals surface area contributed by atoms with Gasteiger partial charge >= 0.3 is 12.1 Å². The topological polar surface area (TPSA) is 95.9 Å². The van der Waals surface area contributed by atoms with E-state index in [9.17, 15) is 14.7 Å². The molecule has 0 aliphatic rings. The maximum absolute atomic E-state index is 11.7. The van der Waals surface area contributed by atoms with Gasteiger partial charge in [0.1, 0.15) is 11.3 Å². The molecule has 152 valence electrons. The molecule has 0 unspecified atom stereocenters. The standard InChI is InChI=1S/C21H33NO5/c1-2-3-4-5-6-7-8-9-10-11-12-15-27-21(26)22-17-13-14-18(20(24)25)19(23)16-17/h13-14,16,23H,2-12,15H2,1H3,(H,22,26)(H,24,25). The van der Waals surface area contributed by atoms with Crippen LogP contribution < -0.4 is 5.32 Å². The number of ether oxygens (including phenoxy) is 1. The summed E-state index contributed by atoms with van der Waals surface area (Å²) in [6.07, 6.45) is 12.9. The van der Waals surface area contributed by atoms with Gasteiger partial charge in [-0.15, -0.1) is 0 Å². The number of carbonyl (C=O) groups is 2. The highest BCUT2D eigenvalue weighted by Crippen LogP contribution is 2.22. The van der Waals surface area contributed by atoms with Crippen molar-refractivity contribution in [2.75, 3.05) is 11.9 Å². The Kier molecular flexibility index (Phi) is 11.7. The summed E-state index contributed by atoms with van der Waals surface area (Å²) >= 11 is 0. The molecule has 1 aromatic carbocycles. The SMILES string of the molecule is CCCCCCCCCCCCCOC(=O)Nc1ccc(C(=O)O)c(O)c1. The monoisotopic (exact) mass is 379 g/mol. The van der Waals surface area contributed by atoms with Gasteiger partial charge in [-0.05, 0) is 18.6 Å². The van der Waals surface area contributed by atoms with Gasteiger partial charge in [-0.3, -0.25) is 5.32 Å². The molecule has 0 fully saturated rings. The number of anilines is 1. The second-order valence-corrected chi connectivity index (χ2v) is 6.83. The molecule has 1 amide bonds. The zero-order chi connectivity index (χ0) is 19.9. The first-order valence-electron chi connectivity index (χ1n) is 10.0. The number of phenols is 1. The van der Waals surface area contributed by atoms with Gasteiger partial charge in [-0.1, -0.05) is 71.1 Å². The molecular weight excluding hydrogens is 346 g/mol. The molecule has 1 aromatic rings. The molecule has 27 heavy (non-hydrogen) atoms. The van der Waals surface area contributed by atoms with E-state index < -0.39 is 17.8 Å². The predicted molar refractivity (Wildman–Crippen MR) is 106 cm³/mol. The lowest BCUT2D eigenvalue weighted by Gasteiger charge is -2.08. The summed E-state index contributed by atoms with van der Waals surface area (Å²) in [7, 11) is 0. The fourth-order valence-corrected chi connectivity index (χ4v) is 2.88. The number of rotatable bonds is 14. The third-order valence-corrected chi connectivity index (χ3v) is 4.46. The van der Waals surface area contributed by atoms with Crippen molar-refractivity contribution in [1.29, 1.82) is 0 Å². The molecule has 6 nitrogen and oxygen atoms in total. The average Bonchev–Trinajstić information content (AvgIpc) is 2.62. The first-order valence-corrected chi connectivity index (χ1v) is 10.0. The number of benzene rings is 1. The van der Waals surface area contributed by atoms with Crippen LogP contribution in [0.2, 0.25) is 0 Å². The van der Waals surface area contributed by atoms with Gasteiger partial charge in [-0.2, -0.15) is 0 Å². The van der Waals surface area contributed by atoms with Crippen LogP contribution in [0.1, 0.15) is 87.9 Å². The van der Waals surface area contributed by atoms with E-state index in [1.165, 1.54) is 69.6 Å². The number of hydrogen-bond donors (Lipinski definition) is 3. The number of unbranched alkanes of at least 4 members (excludes halogenated alkanes) is 10. The Morgan fingerprint density at radius 1 is 0.926 bits per heavy atom.